The molecule has 1 aromatic heterocycles. The van der Waals surface area contributed by atoms with E-state index in [-0.39, 0.29) is 11.6 Å². The van der Waals surface area contributed by atoms with Crippen LogP contribution in [0.5, 0.6) is 5.88 Å². The topological polar surface area (TPSA) is 58.0 Å². The van der Waals surface area contributed by atoms with E-state index in [0.29, 0.717) is 16.4 Å². The number of H-pyrrole nitrogens is 1. The highest BCUT2D eigenvalue weighted by Gasteiger charge is 2.10. The number of rotatable bonds is 1. The molecule has 5 heteroatoms. The molecule has 4 nitrogen and oxygen atoms in total. The van der Waals surface area contributed by atoms with Crippen LogP contribution in [0.1, 0.15) is 5.69 Å². The molecule has 0 saturated heterocycles. The number of benzene rings is 1. The standard InChI is InChI=1S/C10H9ClN2O2/c1-6-9(14)13(10(15)12-6)8-4-2-7(11)3-5-8/h2-5,14H,1H3,(H,12,15). The first-order valence-electron chi connectivity index (χ1n) is 4.36. The van der Waals surface area contributed by atoms with Crippen LogP contribution in [-0.4, -0.2) is 14.7 Å². The van der Waals surface area contributed by atoms with E-state index in [1.165, 1.54) is 4.57 Å². The average molecular weight is 225 g/mol. The fourth-order valence-electron chi connectivity index (χ4n) is 1.37. The van der Waals surface area contributed by atoms with Gasteiger partial charge in [-0.1, -0.05) is 11.6 Å². The van der Waals surface area contributed by atoms with E-state index in [2.05, 4.69) is 4.98 Å². The molecule has 15 heavy (non-hydrogen) atoms. The third-order valence-electron chi connectivity index (χ3n) is 2.13. The zero-order chi connectivity index (χ0) is 11.0. The van der Waals surface area contributed by atoms with E-state index in [4.69, 9.17) is 11.6 Å². The molecule has 1 heterocycles. The summed E-state index contributed by atoms with van der Waals surface area (Å²) in [5, 5.41) is 10.2. The fourth-order valence-corrected chi connectivity index (χ4v) is 1.49. The van der Waals surface area contributed by atoms with E-state index in [0.717, 1.165) is 0 Å². The van der Waals surface area contributed by atoms with Crippen molar-refractivity contribution in [2.45, 2.75) is 6.92 Å². The second kappa shape index (κ2) is 3.47. The molecule has 0 bridgehead atoms. The number of aryl methyl sites for hydroxylation is 1. The van der Waals surface area contributed by atoms with Crippen LogP contribution in [0.4, 0.5) is 0 Å². The molecule has 0 aliphatic rings. The van der Waals surface area contributed by atoms with Gasteiger partial charge >= 0.3 is 5.69 Å². The molecule has 0 saturated carbocycles. The van der Waals surface area contributed by atoms with Crippen molar-refractivity contribution >= 4 is 11.6 Å². The first-order valence-corrected chi connectivity index (χ1v) is 4.74. The number of aromatic nitrogens is 2. The molecule has 0 aliphatic heterocycles. The average Bonchev–Trinajstić information content (AvgIpc) is 2.44. The van der Waals surface area contributed by atoms with E-state index >= 15 is 0 Å². The van der Waals surface area contributed by atoms with Gasteiger partial charge in [-0.2, -0.15) is 0 Å². The lowest BCUT2D eigenvalue weighted by atomic mass is 10.3. The molecular weight excluding hydrogens is 216 g/mol. The van der Waals surface area contributed by atoms with Gasteiger partial charge in [0.05, 0.1) is 11.4 Å². The van der Waals surface area contributed by atoms with Gasteiger partial charge in [0.15, 0.2) is 0 Å². The van der Waals surface area contributed by atoms with Crippen molar-refractivity contribution in [3.63, 3.8) is 0 Å². The maximum Gasteiger partial charge on any atom is 0.333 e. The first-order chi connectivity index (χ1) is 7.09. The van der Waals surface area contributed by atoms with Crippen LogP contribution in [0.3, 0.4) is 0 Å². The molecule has 2 N–H and O–H groups in total. The zero-order valence-corrected chi connectivity index (χ0v) is 8.75. The summed E-state index contributed by atoms with van der Waals surface area (Å²) in [7, 11) is 0. The summed E-state index contributed by atoms with van der Waals surface area (Å²) < 4.78 is 1.19. The van der Waals surface area contributed by atoms with Gasteiger partial charge < -0.3 is 10.1 Å². The number of nitrogens with one attached hydrogen (secondary N) is 1. The molecule has 2 aromatic rings. The summed E-state index contributed by atoms with van der Waals surface area (Å²) in [5.74, 6) is -0.0812. The lowest BCUT2D eigenvalue weighted by Crippen LogP contribution is -2.14. The Kier molecular flexibility index (Phi) is 2.28. The van der Waals surface area contributed by atoms with Crippen molar-refractivity contribution in [2.75, 3.05) is 0 Å². The highest BCUT2D eigenvalue weighted by Crippen LogP contribution is 2.18. The quantitative estimate of drug-likeness (QED) is 0.777. The van der Waals surface area contributed by atoms with Gasteiger partial charge in [0.2, 0.25) is 5.88 Å². The summed E-state index contributed by atoms with van der Waals surface area (Å²) >= 11 is 5.73. The van der Waals surface area contributed by atoms with Crippen molar-refractivity contribution in [3.05, 3.63) is 45.5 Å². The summed E-state index contributed by atoms with van der Waals surface area (Å²) in [5.41, 5.74) is 0.647. The molecule has 0 radical (unpaired) electrons. The summed E-state index contributed by atoms with van der Waals surface area (Å²) in [6, 6.07) is 6.64. The monoisotopic (exact) mass is 224 g/mol. The normalized spacial score (nSPS) is 10.5. The largest absolute Gasteiger partial charge is 0.493 e. The summed E-state index contributed by atoms with van der Waals surface area (Å²) in [6.07, 6.45) is 0. The van der Waals surface area contributed by atoms with Crippen LogP contribution in [0.25, 0.3) is 5.69 Å². The lowest BCUT2D eigenvalue weighted by Gasteiger charge is -2.02. The minimum Gasteiger partial charge on any atom is -0.493 e. The van der Waals surface area contributed by atoms with Gasteiger partial charge in [0.25, 0.3) is 0 Å². The number of aromatic hydroxyl groups is 1. The maximum atomic E-state index is 11.5. The smallest absolute Gasteiger partial charge is 0.333 e. The molecule has 0 aliphatic carbocycles. The Bertz CT molecular complexity index is 540. The summed E-state index contributed by atoms with van der Waals surface area (Å²) in [4.78, 5) is 14.0. The van der Waals surface area contributed by atoms with Crippen molar-refractivity contribution < 1.29 is 5.11 Å². The van der Waals surface area contributed by atoms with Crippen molar-refractivity contribution in [3.8, 4) is 11.6 Å². The number of hydrogen-bond donors (Lipinski definition) is 2. The highest BCUT2D eigenvalue weighted by molar-refractivity contribution is 6.30. The van der Waals surface area contributed by atoms with Gasteiger partial charge in [-0.3, -0.25) is 0 Å². The van der Waals surface area contributed by atoms with E-state index in [1.807, 2.05) is 0 Å². The van der Waals surface area contributed by atoms with Crippen molar-refractivity contribution in [1.82, 2.24) is 9.55 Å². The van der Waals surface area contributed by atoms with Crippen LogP contribution >= 0.6 is 11.6 Å². The molecule has 0 spiro atoms. The minimum absolute atomic E-state index is 0.0812. The Balaban J connectivity index is 2.64. The molecule has 0 fully saturated rings. The lowest BCUT2D eigenvalue weighted by molar-refractivity contribution is 0.437. The fraction of sp³-hybridized carbons (Fsp3) is 0.100. The molecule has 0 atom stereocenters. The van der Waals surface area contributed by atoms with Crippen molar-refractivity contribution in [2.24, 2.45) is 0 Å². The Morgan fingerprint density at radius 2 is 1.93 bits per heavy atom. The minimum atomic E-state index is -0.368. The van der Waals surface area contributed by atoms with Crippen LogP contribution in [-0.2, 0) is 0 Å². The Labute approximate surface area is 90.8 Å². The number of aromatic amines is 1. The summed E-state index contributed by atoms with van der Waals surface area (Å²) in [6.45, 7) is 1.63. The molecular formula is C10H9ClN2O2. The van der Waals surface area contributed by atoms with Crippen LogP contribution < -0.4 is 5.69 Å². The van der Waals surface area contributed by atoms with Gasteiger partial charge in [-0.05, 0) is 31.2 Å². The van der Waals surface area contributed by atoms with Gasteiger partial charge in [-0.25, -0.2) is 9.36 Å². The van der Waals surface area contributed by atoms with Crippen molar-refractivity contribution in [1.29, 1.82) is 0 Å². The maximum absolute atomic E-state index is 11.5. The predicted molar refractivity (Wildman–Crippen MR) is 57.8 cm³/mol. The Morgan fingerprint density at radius 3 is 2.40 bits per heavy atom. The van der Waals surface area contributed by atoms with Crippen LogP contribution in [0, 0.1) is 6.92 Å². The van der Waals surface area contributed by atoms with E-state index < -0.39 is 0 Å². The number of halogens is 1. The van der Waals surface area contributed by atoms with Crippen LogP contribution in [0.15, 0.2) is 29.1 Å². The molecule has 2 rings (SSSR count). The molecule has 0 unspecified atom stereocenters. The second-order valence-corrected chi connectivity index (χ2v) is 3.63. The Morgan fingerprint density at radius 1 is 1.33 bits per heavy atom. The van der Waals surface area contributed by atoms with Gasteiger partial charge in [0, 0.05) is 5.02 Å². The molecule has 0 amide bonds. The van der Waals surface area contributed by atoms with E-state index in [9.17, 15) is 9.90 Å². The first kappa shape index (κ1) is 9.86. The zero-order valence-electron chi connectivity index (χ0n) is 7.99. The molecule has 1 aromatic carbocycles. The number of imidazole rings is 1. The second-order valence-electron chi connectivity index (χ2n) is 3.19. The van der Waals surface area contributed by atoms with Gasteiger partial charge in [0.1, 0.15) is 0 Å². The molecule has 78 valence electrons. The highest BCUT2D eigenvalue weighted by atomic mass is 35.5. The predicted octanol–water partition coefficient (Wildman–Crippen LogP) is 1.83. The third-order valence-corrected chi connectivity index (χ3v) is 2.38. The third kappa shape index (κ3) is 1.64. The SMILES string of the molecule is Cc1[nH]c(=O)n(-c2ccc(Cl)cc2)c1O. The van der Waals surface area contributed by atoms with Gasteiger partial charge in [-0.15, -0.1) is 0 Å². The Hall–Kier alpha value is -1.68. The number of nitrogens with zero attached hydrogens (tertiary/aromatic N) is 1. The van der Waals surface area contributed by atoms with Crippen LogP contribution in [0.2, 0.25) is 5.02 Å². The number of hydrogen-bond acceptors (Lipinski definition) is 2. The van der Waals surface area contributed by atoms with E-state index in [1.54, 1.807) is 31.2 Å².